The number of aliphatic carboxylic acids is 1. The predicted octanol–water partition coefficient (Wildman–Crippen LogP) is 2.95. The summed E-state index contributed by atoms with van der Waals surface area (Å²) in [6.07, 6.45) is 1.92. The van der Waals surface area contributed by atoms with Crippen LogP contribution in [0.2, 0.25) is 0 Å². The third-order valence-electron chi connectivity index (χ3n) is 4.21. The van der Waals surface area contributed by atoms with Gasteiger partial charge in [-0.05, 0) is 44.2 Å². The van der Waals surface area contributed by atoms with E-state index in [0.717, 1.165) is 33.9 Å². The number of carboxylic acid groups (broad SMARTS) is 1. The molecule has 0 amide bonds. The van der Waals surface area contributed by atoms with Crippen molar-refractivity contribution in [1.82, 2.24) is 9.97 Å². The zero-order chi connectivity index (χ0) is 15.0. The van der Waals surface area contributed by atoms with E-state index in [2.05, 4.69) is 4.98 Å². The van der Waals surface area contributed by atoms with E-state index in [9.17, 15) is 9.90 Å². The topological polar surface area (TPSA) is 63.1 Å². The van der Waals surface area contributed by atoms with Crippen LogP contribution in [0.25, 0.3) is 11.4 Å². The van der Waals surface area contributed by atoms with Crippen molar-refractivity contribution < 1.29 is 9.90 Å². The van der Waals surface area contributed by atoms with Crippen LogP contribution in [0.3, 0.4) is 0 Å². The van der Waals surface area contributed by atoms with Gasteiger partial charge in [-0.1, -0.05) is 24.3 Å². The van der Waals surface area contributed by atoms with Gasteiger partial charge in [-0.15, -0.1) is 0 Å². The van der Waals surface area contributed by atoms with Gasteiger partial charge in [0, 0.05) is 17.0 Å². The van der Waals surface area contributed by atoms with Crippen LogP contribution in [0.15, 0.2) is 24.3 Å². The fraction of sp³-hybridized carbons (Fsp3) is 0.353. The summed E-state index contributed by atoms with van der Waals surface area (Å²) in [6.45, 7) is 4.00. The number of carboxylic acids is 1. The van der Waals surface area contributed by atoms with Gasteiger partial charge in [0.15, 0.2) is 5.82 Å². The molecule has 1 aliphatic rings. The van der Waals surface area contributed by atoms with Gasteiger partial charge in [0.05, 0.1) is 5.92 Å². The van der Waals surface area contributed by atoms with Crippen LogP contribution >= 0.6 is 0 Å². The monoisotopic (exact) mass is 282 g/mol. The van der Waals surface area contributed by atoms with Gasteiger partial charge in [0.25, 0.3) is 0 Å². The van der Waals surface area contributed by atoms with Crippen molar-refractivity contribution in [2.24, 2.45) is 5.92 Å². The predicted molar refractivity (Wildman–Crippen MR) is 80.1 cm³/mol. The SMILES string of the molecule is Cc1ccccc1-c1nc(C)c2c(n1)CCC(C(=O)O)C2. The van der Waals surface area contributed by atoms with E-state index in [-0.39, 0.29) is 5.92 Å². The molecule has 0 spiro atoms. The molecule has 0 saturated carbocycles. The molecular formula is C17H18N2O2. The van der Waals surface area contributed by atoms with Gasteiger partial charge < -0.3 is 5.11 Å². The van der Waals surface area contributed by atoms with Gasteiger partial charge in [-0.25, -0.2) is 9.97 Å². The number of hydrogen-bond acceptors (Lipinski definition) is 3. The van der Waals surface area contributed by atoms with Gasteiger partial charge in [-0.2, -0.15) is 0 Å². The number of nitrogens with zero attached hydrogens (tertiary/aromatic N) is 2. The Labute approximate surface area is 123 Å². The highest BCUT2D eigenvalue weighted by atomic mass is 16.4. The quantitative estimate of drug-likeness (QED) is 0.919. The molecule has 3 rings (SSSR count). The molecule has 0 radical (unpaired) electrons. The highest BCUT2D eigenvalue weighted by molar-refractivity contribution is 5.71. The van der Waals surface area contributed by atoms with Crippen molar-refractivity contribution in [3.63, 3.8) is 0 Å². The van der Waals surface area contributed by atoms with Crippen LogP contribution < -0.4 is 0 Å². The average Bonchev–Trinajstić information content (AvgIpc) is 2.47. The van der Waals surface area contributed by atoms with Gasteiger partial charge in [0.1, 0.15) is 0 Å². The molecule has 4 heteroatoms. The lowest BCUT2D eigenvalue weighted by atomic mass is 9.86. The summed E-state index contributed by atoms with van der Waals surface area (Å²) >= 11 is 0. The Morgan fingerprint density at radius 3 is 2.71 bits per heavy atom. The molecular weight excluding hydrogens is 264 g/mol. The zero-order valence-electron chi connectivity index (χ0n) is 12.3. The third-order valence-corrected chi connectivity index (χ3v) is 4.21. The second-order valence-electron chi connectivity index (χ2n) is 5.65. The second kappa shape index (κ2) is 5.28. The van der Waals surface area contributed by atoms with Crippen LogP contribution in [0, 0.1) is 19.8 Å². The van der Waals surface area contributed by atoms with Crippen LogP contribution in [0.1, 0.15) is 28.9 Å². The molecule has 0 fully saturated rings. The molecule has 1 aromatic heterocycles. The normalized spacial score (nSPS) is 17.3. The number of hydrogen-bond donors (Lipinski definition) is 1. The standard InChI is InChI=1S/C17H18N2O2/c1-10-5-3-4-6-13(10)16-18-11(2)14-9-12(17(20)21)7-8-15(14)19-16/h3-6,12H,7-9H2,1-2H3,(H,20,21). The molecule has 1 atom stereocenters. The maximum absolute atomic E-state index is 11.2. The Balaban J connectivity index is 2.04. The molecule has 108 valence electrons. The molecule has 1 heterocycles. The molecule has 1 aliphatic carbocycles. The van der Waals surface area contributed by atoms with Crippen LogP contribution in [-0.2, 0) is 17.6 Å². The fourth-order valence-corrected chi connectivity index (χ4v) is 2.94. The maximum Gasteiger partial charge on any atom is 0.306 e. The highest BCUT2D eigenvalue weighted by Crippen LogP contribution is 2.29. The zero-order valence-corrected chi connectivity index (χ0v) is 12.3. The minimum Gasteiger partial charge on any atom is -0.481 e. The summed E-state index contributed by atoms with van der Waals surface area (Å²) in [4.78, 5) is 20.5. The van der Waals surface area contributed by atoms with E-state index < -0.39 is 5.97 Å². The first-order valence-electron chi connectivity index (χ1n) is 7.21. The van der Waals surface area contributed by atoms with Crippen LogP contribution in [0.4, 0.5) is 0 Å². The maximum atomic E-state index is 11.2. The molecule has 1 N–H and O–H groups in total. The number of benzene rings is 1. The Bertz CT molecular complexity index is 710. The van der Waals surface area contributed by atoms with E-state index in [1.54, 1.807) is 0 Å². The minimum absolute atomic E-state index is 0.302. The van der Waals surface area contributed by atoms with Crippen molar-refractivity contribution in [2.75, 3.05) is 0 Å². The summed E-state index contributed by atoms with van der Waals surface area (Å²) in [6, 6.07) is 8.07. The Hall–Kier alpha value is -2.23. The Kier molecular flexibility index (Phi) is 3.45. The van der Waals surface area contributed by atoms with Gasteiger partial charge in [-0.3, -0.25) is 4.79 Å². The lowest BCUT2D eigenvalue weighted by molar-refractivity contribution is -0.142. The first kappa shape index (κ1) is 13.7. The summed E-state index contributed by atoms with van der Waals surface area (Å²) in [7, 11) is 0. The molecule has 4 nitrogen and oxygen atoms in total. The fourth-order valence-electron chi connectivity index (χ4n) is 2.94. The van der Waals surface area contributed by atoms with Crippen LogP contribution in [0.5, 0.6) is 0 Å². The minimum atomic E-state index is -0.719. The highest BCUT2D eigenvalue weighted by Gasteiger charge is 2.27. The second-order valence-corrected chi connectivity index (χ2v) is 5.65. The largest absolute Gasteiger partial charge is 0.481 e. The summed E-state index contributed by atoms with van der Waals surface area (Å²) < 4.78 is 0. The lowest BCUT2D eigenvalue weighted by Gasteiger charge is -2.22. The van der Waals surface area contributed by atoms with Crippen molar-refractivity contribution in [3.8, 4) is 11.4 Å². The van der Waals surface area contributed by atoms with E-state index in [1.165, 1.54) is 0 Å². The third kappa shape index (κ3) is 2.53. The molecule has 0 saturated heterocycles. The van der Waals surface area contributed by atoms with Gasteiger partial charge >= 0.3 is 5.97 Å². The van der Waals surface area contributed by atoms with E-state index >= 15 is 0 Å². The molecule has 2 aromatic rings. The molecule has 1 unspecified atom stereocenters. The first-order chi connectivity index (χ1) is 10.1. The Morgan fingerprint density at radius 1 is 1.24 bits per heavy atom. The van der Waals surface area contributed by atoms with Crippen molar-refractivity contribution in [2.45, 2.75) is 33.1 Å². The van der Waals surface area contributed by atoms with E-state index in [4.69, 9.17) is 4.98 Å². The molecule has 0 bridgehead atoms. The summed E-state index contributed by atoms with van der Waals surface area (Å²) in [5, 5.41) is 9.18. The summed E-state index contributed by atoms with van der Waals surface area (Å²) in [5.74, 6) is -0.273. The smallest absolute Gasteiger partial charge is 0.306 e. The van der Waals surface area contributed by atoms with Gasteiger partial charge in [0.2, 0.25) is 0 Å². The van der Waals surface area contributed by atoms with Crippen molar-refractivity contribution in [3.05, 3.63) is 46.8 Å². The van der Waals surface area contributed by atoms with Crippen molar-refractivity contribution >= 4 is 5.97 Å². The molecule has 1 aromatic carbocycles. The number of rotatable bonds is 2. The van der Waals surface area contributed by atoms with E-state index in [0.29, 0.717) is 19.3 Å². The average molecular weight is 282 g/mol. The van der Waals surface area contributed by atoms with E-state index in [1.807, 2.05) is 38.1 Å². The number of aromatic nitrogens is 2. The molecule has 21 heavy (non-hydrogen) atoms. The first-order valence-corrected chi connectivity index (χ1v) is 7.21. The van der Waals surface area contributed by atoms with Crippen molar-refractivity contribution in [1.29, 1.82) is 0 Å². The number of aryl methyl sites for hydroxylation is 3. The summed E-state index contributed by atoms with van der Waals surface area (Å²) in [5.41, 5.74) is 5.13. The molecule has 0 aliphatic heterocycles. The lowest BCUT2D eigenvalue weighted by Crippen LogP contribution is -2.24. The number of fused-ring (bicyclic) bond motifs is 1. The number of carbonyl (C=O) groups is 1. The van der Waals surface area contributed by atoms with Crippen LogP contribution in [-0.4, -0.2) is 21.0 Å². The Morgan fingerprint density at radius 2 is 2.00 bits per heavy atom.